The molecule has 3 nitrogen and oxygen atoms in total. The fraction of sp³-hybridized carbons (Fsp3) is 0.500. The average Bonchev–Trinajstić information content (AvgIpc) is 2.25. The van der Waals surface area contributed by atoms with Crippen molar-refractivity contribution in [2.24, 2.45) is 5.92 Å². The lowest BCUT2D eigenvalue weighted by Gasteiger charge is -2.22. The Hall–Kier alpha value is -1.43. The summed E-state index contributed by atoms with van der Waals surface area (Å²) in [6.45, 7) is 3.68. The summed E-state index contributed by atoms with van der Waals surface area (Å²) in [6.07, 6.45) is -4.40. The minimum absolute atomic E-state index is 0.0175. The molecule has 4 N–H and O–H groups in total. The minimum Gasteiger partial charge on any atom is -0.397 e. The number of hydrogen-bond acceptors (Lipinski definition) is 3. The lowest BCUT2D eigenvalue weighted by Crippen LogP contribution is -2.29. The molecule has 0 amide bonds. The van der Waals surface area contributed by atoms with Gasteiger partial charge in [-0.1, -0.05) is 13.8 Å². The van der Waals surface area contributed by atoms with Crippen LogP contribution in [0.3, 0.4) is 0 Å². The molecule has 0 aromatic heterocycles. The number of anilines is 2. The summed E-state index contributed by atoms with van der Waals surface area (Å²) < 4.78 is 37.3. The Labute approximate surface area is 104 Å². The van der Waals surface area contributed by atoms with Crippen molar-refractivity contribution in [1.82, 2.24) is 0 Å². The van der Waals surface area contributed by atoms with Gasteiger partial charge >= 0.3 is 6.18 Å². The Balaban J connectivity index is 2.93. The second kappa shape index (κ2) is 5.48. The number of hydrogen-bond donors (Lipinski definition) is 3. The molecule has 6 heteroatoms. The highest BCUT2D eigenvalue weighted by atomic mass is 19.4. The number of rotatable bonds is 4. The highest BCUT2D eigenvalue weighted by molar-refractivity contribution is 5.67. The van der Waals surface area contributed by atoms with Crippen molar-refractivity contribution in [3.8, 4) is 0 Å². The standard InChI is InChI=1S/C12H17F3N2O/c1-7(2)11(6-18)17-10-4-3-8(5-9(10)16)12(13,14)15/h3-5,7,11,17-18H,6,16H2,1-2H3. The summed E-state index contributed by atoms with van der Waals surface area (Å²) in [6, 6.07) is 2.89. The van der Waals surface area contributed by atoms with E-state index in [1.54, 1.807) is 0 Å². The molecule has 0 aliphatic carbocycles. The fourth-order valence-electron chi connectivity index (χ4n) is 1.49. The lowest BCUT2D eigenvalue weighted by atomic mass is 10.0. The van der Waals surface area contributed by atoms with Gasteiger partial charge in [0.15, 0.2) is 0 Å². The molecule has 0 spiro atoms. The molecule has 1 atom stereocenters. The van der Waals surface area contributed by atoms with E-state index in [0.29, 0.717) is 5.69 Å². The summed E-state index contributed by atoms with van der Waals surface area (Å²) in [4.78, 5) is 0. The Morgan fingerprint density at radius 1 is 1.33 bits per heavy atom. The maximum absolute atomic E-state index is 12.4. The second-order valence-electron chi connectivity index (χ2n) is 4.48. The molecule has 0 aliphatic heterocycles. The first-order valence-corrected chi connectivity index (χ1v) is 5.59. The van der Waals surface area contributed by atoms with E-state index < -0.39 is 11.7 Å². The van der Waals surface area contributed by atoms with E-state index in [1.165, 1.54) is 6.07 Å². The van der Waals surface area contributed by atoms with Gasteiger partial charge in [0.05, 0.1) is 29.6 Å². The van der Waals surface area contributed by atoms with Crippen LogP contribution in [0.15, 0.2) is 18.2 Å². The molecule has 102 valence electrons. The number of aliphatic hydroxyl groups excluding tert-OH is 1. The van der Waals surface area contributed by atoms with E-state index >= 15 is 0 Å². The van der Waals surface area contributed by atoms with E-state index in [-0.39, 0.29) is 24.3 Å². The van der Waals surface area contributed by atoms with Gasteiger partial charge in [-0.15, -0.1) is 0 Å². The largest absolute Gasteiger partial charge is 0.416 e. The molecule has 0 radical (unpaired) electrons. The van der Waals surface area contributed by atoms with Crippen molar-refractivity contribution in [2.45, 2.75) is 26.1 Å². The van der Waals surface area contributed by atoms with Crippen LogP contribution in [-0.2, 0) is 6.18 Å². The predicted octanol–water partition coefficient (Wildman–Crippen LogP) is 2.72. The van der Waals surface area contributed by atoms with E-state index in [4.69, 9.17) is 10.8 Å². The Morgan fingerprint density at radius 2 is 1.94 bits per heavy atom. The van der Waals surface area contributed by atoms with Gasteiger partial charge in [-0.25, -0.2) is 0 Å². The molecule has 1 aromatic rings. The Morgan fingerprint density at radius 3 is 2.33 bits per heavy atom. The van der Waals surface area contributed by atoms with Gasteiger partial charge in [-0.3, -0.25) is 0 Å². The lowest BCUT2D eigenvalue weighted by molar-refractivity contribution is -0.137. The molecule has 0 saturated carbocycles. The topological polar surface area (TPSA) is 58.3 Å². The quantitative estimate of drug-likeness (QED) is 0.731. The first-order chi connectivity index (χ1) is 8.25. The monoisotopic (exact) mass is 262 g/mol. The van der Waals surface area contributed by atoms with Gasteiger partial charge in [0, 0.05) is 0 Å². The van der Waals surface area contributed by atoms with Gasteiger partial charge in [0.25, 0.3) is 0 Å². The molecule has 1 unspecified atom stereocenters. The zero-order valence-electron chi connectivity index (χ0n) is 10.3. The molecule has 0 saturated heterocycles. The molecule has 1 rings (SSSR count). The molecule has 0 fully saturated rings. The number of halogens is 3. The highest BCUT2D eigenvalue weighted by Crippen LogP contribution is 2.33. The van der Waals surface area contributed by atoms with Crippen LogP contribution in [0.2, 0.25) is 0 Å². The van der Waals surface area contributed by atoms with Crippen molar-refractivity contribution in [3.05, 3.63) is 23.8 Å². The van der Waals surface area contributed by atoms with Crippen LogP contribution in [0, 0.1) is 5.92 Å². The maximum Gasteiger partial charge on any atom is 0.416 e. The van der Waals surface area contributed by atoms with Crippen molar-refractivity contribution in [3.63, 3.8) is 0 Å². The van der Waals surface area contributed by atoms with Crippen molar-refractivity contribution < 1.29 is 18.3 Å². The van der Waals surface area contributed by atoms with Crippen LogP contribution in [0.1, 0.15) is 19.4 Å². The van der Waals surface area contributed by atoms with Crippen LogP contribution >= 0.6 is 0 Å². The third-order valence-electron chi connectivity index (χ3n) is 2.72. The number of aliphatic hydroxyl groups is 1. The number of nitrogens with one attached hydrogen (secondary N) is 1. The van der Waals surface area contributed by atoms with E-state index in [0.717, 1.165) is 12.1 Å². The maximum atomic E-state index is 12.4. The van der Waals surface area contributed by atoms with Crippen LogP contribution in [-0.4, -0.2) is 17.8 Å². The van der Waals surface area contributed by atoms with Crippen LogP contribution in [0.4, 0.5) is 24.5 Å². The summed E-state index contributed by atoms with van der Waals surface area (Å²) in [7, 11) is 0. The zero-order valence-corrected chi connectivity index (χ0v) is 10.3. The average molecular weight is 262 g/mol. The van der Waals surface area contributed by atoms with Crippen molar-refractivity contribution in [1.29, 1.82) is 0 Å². The Bertz CT molecular complexity index is 405. The fourth-order valence-corrected chi connectivity index (χ4v) is 1.49. The summed E-state index contributed by atoms with van der Waals surface area (Å²) in [5, 5.41) is 12.1. The number of alkyl halides is 3. The Kier molecular flexibility index (Phi) is 4.45. The third-order valence-corrected chi connectivity index (χ3v) is 2.72. The smallest absolute Gasteiger partial charge is 0.397 e. The summed E-state index contributed by atoms with van der Waals surface area (Å²) >= 11 is 0. The number of benzene rings is 1. The predicted molar refractivity (Wildman–Crippen MR) is 65.2 cm³/mol. The third kappa shape index (κ3) is 3.53. The molecule has 1 aromatic carbocycles. The summed E-state index contributed by atoms with van der Waals surface area (Å²) in [5.74, 6) is 0.136. The minimum atomic E-state index is -4.40. The van der Waals surface area contributed by atoms with E-state index in [2.05, 4.69) is 5.32 Å². The SMILES string of the molecule is CC(C)C(CO)Nc1ccc(C(F)(F)F)cc1N. The molecule has 0 bridgehead atoms. The van der Waals surface area contributed by atoms with Gasteiger partial charge in [0.2, 0.25) is 0 Å². The van der Waals surface area contributed by atoms with Crippen molar-refractivity contribution in [2.75, 3.05) is 17.7 Å². The van der Waals surface area contributed by atoms with Crippen LogP contribution < -0.4 is 11.1 Å². The van der Waals surface area contributed by atoms with Gasteiger partial charge in [-0.05, 0) is 24.1 Å². The molecule has 0 aliphatic rings. The first kappa shape index (κ1) is 14.6. The van der Waals surface area contributed by atoms with Gasteiger partial charge in [0.1, 0.15) is 0 Å². The molecular formula is C12H17F3N2O. The van der Waals surface area contributed by atoms with Crippen molar-refractivity contribution >= 4 is 11.4 Å². The van der Waals surface area contributed by atoms with Gasteiger partial charge in [-0.2, -0.15) is 13.2 Å². The van der Waals surface area contributed by atoms with Crippen LogP contribution in [0.5, 0.6) is 0 Å². The van der Waals surface area contributed by atoms with E-state index in [1.807, 2.05) is 13.8 Å². The normalized spacial score (nSPS) is 13.7. The van der Waals surface area contributed by atoms with Crippen LogP contribution in [0.25, 0.3) is 0 Å². The molecule has 0 heterocycles. The number of nitrogen functional groups attached to an aromatic ring is 1. The number of nitrogens with two attached hydrogens (primary N) is 1. The molecule has 18 heavy (non-hydrogen) atoms. The van der Waals surface area contributed by atoms with Gasteiger partial charge < -0.3 is 16.2 Å². The van der Waals surface area contributed by atoms with E-state index in [9.17, 15) is 13.2 Å². The highest BCUT2D eigenvalue weighted by Gasteiger charge is 2.30. The zero-order chi connectivity index (χ0) is 13.9. The first-order valence-electron chi connectivity index (χ1n) is 5.59. The summed E-state index contributed by atoms with van der Waals surface area (Å²) in [5.41, 5.74) is 5.21. The molecular weight excluding hydrogens is 245 g/mol. The second-order valence-corrected chi connectivity index (χ2v) is 4.48.